The molecule has 64 valence electrons. The normalized spacial score (nSPS) is 9.83. The van der Waals surface area contributed by atoms with Gasteiger partial charge in [-0.15, -0.1) is 0 Å². The van der Waals surface area contributed by atoms with E-state index in [2.05, 4.69) is 15.9 Å². The molecule has 5 nitrogen and oxygen atoms in total. The molecule has 0 saturated heterocycles. The molecule has 0 aromatic carbocycles. The summed E-state index contributed by atoms with van der Waals surface area (Å²) >= 11 is 2.97. The minimum Gasteiger partial charge on any atom is -0.284 e. The standard InChI is InChI=1S/C6H6BrN2O3/c1-4-2-5(9(11)12)3-6(7)8(4)10/h2-3,10H,1H3/q+1. The van der Waals surface area contributed by atoms with Crippen LogP contribution in [0.25, 0.3) is 0 Å². The molecule has 1 rings (SSSR count). The fourth-order valence-electron chi connectivity index (χ4n) is 0.774. The van der Waals surface area contributed by atoms with Gasteiger partial charge in [-0.05, 0) is 0 Å². The summed E-state index contributed by atoms with van der Waals surface area (Å²) in [5.41, 5.74) is 0.348. The summed E-state index contributed by atoms with van der Waals surface area (Å²) in [6.07, 6.45) is 0. The van der Waals surface area contributed by atoms with Crippen molar-refractivity contribution in [2.24, 2.45) is 0 Å². The molecule has 0 aliphatic carbocycles. The highest BCUT2D eigenvalue weighted by atomic mass is 79.9. The lowest BCUT2D eigenvalue weighted by Gasteiger charge is -1.92. The molecule has 6 heteroatoms. The summed E-state index contributed by atoms with van der Waals surface area (Å²) in [6.45, 7) is 1.57. The van der Waals surface area contributed by atoms with Crippen LogP contribution in [0.3, 0.4) is 0 Å². The van der Waals surface area contributed by atoms with Gasteiger partial charge in [-0.3, -0.25) is 15.3 Å². The quantitative estimate of drug-likeness (QED) is 0.261. The lowest BCUT2D eigenvalue weighted by atomic mass is 10.3. The summed E-state index contributed by atoms with van der Waals surface area (Å²) < 4.78 is 1.08. The number of hydrogen-bond acceptors (Lipinski definition) is 3. The molecule has 12 heavy (non-hydrogen) atoms. The van der Waals surface area contributed by atoms with E-state index in [0.29, 0.717) is 5.69 Å². The molecule has 1 aromatic rings. The second-order valence-electron chi connectivity index (χ2n) is 2.25. The predicted molar refractivity (Wildman–Crippen MR) is 42.9 cm³/mol. The van der Waals surface area contributed by atoms with Crippen LogP contribution in [0.5, 0.6) is 0 Å². The highest BCUT2D eigenvalue weighted by Gasteiger charge is 2.18. The Labute approximate surface area is 76.5 Å². The summed E-state index contributed by atoms with van der Waals surface area (Å²) in [4.78, 5) is 9.79. The van der Waals surface area contributed by atoms with Crippen LogP contribution in [0.2, 0.25) is 0 Å². The Hall–Kier alpha value is -1.17. The maximum absolute atomic E-state index is 10.3. The van der Waals surface area contributed by atoms with Crippen molar-refractivity contribution in [3.63, 3.8) is 0 Å². The Bertz CT molecular complexity index is 317. The average molecular weight is 234 g/mol. The number of nitro groups is 1. The van der Waals surface area contributed by atoms with E-state index in [-0.39, 0.29) is 10.3 Å². The van der Waals surface area contributed by atoms with Gasteiger partial charge in [0.2, 0.25) is 5.69 Å². The molecular weight excluding hydrogens is 228 g/mol. The maximum Gasteiger partial charge on any atom is 0.305 e. The molecule has 1 aromatic heterocycles. The van der Waals surface area contributed by atoms with Crippen molar-refractivity contribution in [2.45, 2.75) is 6.92 Å². The van der Waals surface area contributed by atoms with Crippen LogP contribution in [0, 0.1) is 17.0 Å². The Balaban J connectivity index is 3.31. The number of rotatable bonds is 1. The van der Waals surface area contributed by atoms with Crippen molar-refractivity contribution < 1.29 is 14.9 Å². The fraction of sp³-hybridized carbons (Fsp3) is 0.167. The van der Waals surface area contributed by atoms with Gasteiger partial charge in [-0.25, -0.2) is 0 Å². The molecule has 0 aliphatic rings. The van der Waals surface area contributed by atoms with Gasteiger partial charge in [0, 0.05) is 27.6 Å². The molecule has 0 unspecified atom stereocenters. The van der Waals surface area contributed by atoms with Crippen LogP contribution >= 0.6 is 15.9 Å². The molecule has 1 heterocycles. The molecule has 0 fully saturated rings. The number of pyridine rings is 1. The van der Waals surface area contributed by atoms with Crippen LogP contribution in [-0.4, -0.2) is 10.1 Å². The highest BCUT2D eigenvalue weighted by Crippen LogP contribution is 2.15. The zero-order chi connectivity index (χ0) is 9.30. The fourth-order valence-corrected chi connectivity index (χ4v) is 1.29. The number of hydrogen-bond donors (Lipinski definition) is 1. The zero-order valence-corrected chi connectivity index (χ0v) is 7.78. The number of aryl methyl sites for hydroxylation is 1. The third-order valence-corrected chi connectivity index (χ3v) is 1.94. The van der Waals surface area contributed by atoms with Crippen molar-refractivity contribution in [1.82, 2.24) is 0 Å². The average Bonchev–Trinajstić information content (AvgIpc) is 1.99. The molecule has 0 radical (unpaired) electrons. The number of nitrogens with zero attached hydrogens (tertiary/aromatic N) is 2. The monoisotopic (exact) mass is 233 g/mol. The van der Waals surface area contributed by atoms with Gasteiger partial charge in [0.1, 0.15) is 6.07 Å². The topological polar surface area (TPSA) is 67.2 Å². The van der Waals surface area contributed by atoms with E-state index in [1.807, 2.05) is 0 Å². The van der Waals surface area contributed by atoms with Gasteiger partial charge in [-0.1, -0.05) is 0 Å². The van der Waals surface area contributed by atoms with Gasteiger partial charge in [-0.2, -0.15) is 0 Å². The maximum atomic E-state index is 10.3. The van der Waals surface area contributed by atoms with E-state index in [1.165, 1.54) is 12.1 Å². The molecule has 1 N–H and O–H groups in total. The van der Waals surface area contributed by atoms with Crippen LogP contribution in [-0.2, 0) is 0 Å². The zero-order valence-electron chi connectivity index (χ0n) is 6.19. The third-order valence-electron chi connectivity index (χ3n) is 1.37. The van der Waals surface area contributed by atoms with Crippen LogP contribution in [0.4, 0.5) is 5.69 Å². The highest BCUT2D eigenvalue weighted by molar-refractivity contribution is 9.10. The van der Waals surface area contributed by atoms with Crippen molar-refractivity contribution in [3.05, 3.63) is 32.5 Å². The first-order valence-corrected chi connectivity index (χ1v) is 3.87. The Morgan fingerprint density at radius 2 is 2.25 bits per heavy atom. The van der Waals surface area contributed by atoms with E-state index >= 15 is 0 Å². The largest absolute Gasteiger partial charge is 0.305 e. The van der Waals surface area contributed by atoms with E-state index < -0.39 is 4.92 Å². The van der Waals surface area contributed by atoms with Crippen molar-refractivity contribution >= 4 is 21.6 Å². The van der Waals surface area contributed by atoms with E-state index in [4.69, 9.17) is 5.21 Å². The Morgan fingerprint density at radius 1 is 1.67 bits per heavy atom. The molecular formula is C6H6BrN2O3+. The van der Waals surface area contributed by atoms with Gasteiger partial charge >= 0.3 is 4.60 Å². The summed E-state index contributed by atoms with van der Waals surface area (Å²) in [6, 6.07) is 2.51. The first kappa shape index (κ1) is 8.92. The predicted octanol–water partition coefficient (Wildman–Crippen LogP) is 1.19. The molecule has 0 atom stereocenters. The van der Waals surface area contributed by atoms with Crippen LogP contribution < -0.4 is 4.73 Å². The summed E-state index contributed by atoms with van der Waals surface area (Å²) in [5, 5.41) is 19.5. The molecule has 0 amide bonds. The summed E-state index contributed by atoms with van der Waals surface area (Å²) in [5.74, 6) is 0. The van der Waals surface area contributed by atoms with E-state index in [0.717, 1.165) is 4.73 Å². The van der Waals surface area contributed by atoms with Crippen molar-refractivity contribution in [1.29, 1.82) is 0 Å². The second kappa shape index (κ2) is 3.06. The Kier molecular flexibility index (Phi) is 2.27. The molecule has 0 saturated carbocycles. The Morgan fingerprint density at radius 3 is 2.67 bits per heavy atom. The van der Waals surface area contributed by atoms with Crippen LogP contribution in [0.15, 0.2) is 16.7 Å². The van der Waals surface area contributed by atoms with Crippen LogP contribution in [0.1, 0.15) is 5.69 Å². The SMILES string of the molecule is Cc1cc([N+](=O)[O-])cc(Br)[n+]1O. The first-order chi connectivity index (χ1) is 5.52. The first-order valence-electron chi connectivity index (χ1n) is 3.08. The van der Waals surface area contributed by atoms with Crippen molar-refractivity contribution in [2.75, 3.05) is 0 Å². The smallest absolute Gasteiger partial charge is 0.284 e. The third kappa shape index (κ3) is 1.53. The lowest BCUT2D eigenvalue weighted by Crippen LogP contribution is -2.35. The van der Waals surface area contributed by atoms with Crippen molar-refractivity contribution in [3.8, 4) is 0 Å². The van der Waals surface area contributed by atoms with Gasteiger partial charge in [0.05, 0.1) is 11.0 Å². The van der Waals surface area contributed by atoms with Gasteiger partial charge in [0.25, 0.3) is 5.69 Å². The number of aromatic nitrogens is 1. The molecule has 0 spiro atoms. The molecule has 0 aliphatic heterocycles. The lowest BCUT2D eigenvalue weighted by molar-refractivity contribution is -0.917. The van der Waals surface area contributed by atoms with E-state index in [9.17, 15) is 10.1 Å². The van der Waals surface area contributed by atoms with Gasteiger partial charge in [0.15, 0.2) is 0 Å². The second-order valence-corrected chi connectivity index (χ2v) is 3.06. The number of halogens is 1. The molecule has 0 bridgehead atoms. The van der Waals surface area contributed by atoms with E-state index in [1.54, 1.807) is 6.92 Å². The minimum atomic E-state index is -0.516. The summed E-state index contributed by atoms with van der Waals surface area (Å²) in [7, 11) is 0. The van der Waals surface area contributed by atoms with Gasteiger partial charge < -0.3 is 0 Å². The minimum absolute atomic E-state index is 0.0512.